The topological polar surface area (TPSA) is 89.8 Å². The Morgan fingerprint density at radius 2 is 1.86 bits per heavy atom. The van der Waals surface area contributed by atoms with Crippen LogP contribution in [0.4, 0.5) is 24.6 Å². The van der Waals surface area contributed by atoms with Gasteiger partial charge in [0, 0.05) is 19.4 Å². The van der Waals surface area contributed by atoms with E-state index in [2.05, 4.69) is 4.74 Å². The number of ether oxygens (including phenoxy) is 1. The summed E-state index contributed by atoms with van der Waals surface area (Å²) < 4.78 is 47.4. The molecule has 0 aliphatic rings. The molecular formula is C18H15F3N2O5. The van der Waals surface area contributed by atoms with Crippen molar-refractivity contribution in [2.45, 2.75) is 19.8 Å². The number of hydrogen-bond donors (Lipinski definition) is 0. The van der Waals surface area contributed by atoms with Crippen LogP contribution < -0.4 is 5.12 Å². The Balaban J connectivity index is 2.30. The number of rotatable bonds is 7. The molecule has 2 rings (SSSR count). The third-order valence-electron chi connectivity index (χ3n) is 3.78. The van der Waals surface area contributed by atoms with Gasteiger partial charge in [0.2, 0.25) is 0 Å². The van der Waals surface area contributed by atoms with Crippen molar-refractivity contribution >= 4 is 23.3 Å². The van der Waals surface area contributed by atoms with Crippen LogP contribution in [0.3, 0.4) is 0 Å². The Morgan fingerprint density at radius 3 is 2.46 bits per heavy atom. The summed E-state index contributed by atoms with van der Waals surface area (Å²) in [6.07, 6.45) is -1.08. The molecule has 0 unspecified atom stereocenters. The van der Waals surface area contributed by atoms with Gasteiger partial charge < -0.3 is 4.74 Å². The number of benzene rings is 2. The third-order valence-corrected chi connectivity index (χ3v) is 3.78. The van der Waals surface area contributed by atoms with Gasteiger partial charge in [-0.3, -0.25) is 19.7 Å². The summed E-state index contributed by atoms with van der Waals surface area (Å²) in [7, 11) is 0. The normalized spacial score (nSPS) is 10.4. The second kappa shape index (κ2) is 8.98. The summed E-state index contributed by atoms with van der Waals surface area (Å²) in [6.45, 7) is 0.734. The van der Waals surface area contributed by atoms with E-state index in [-0.39, 0.29) is 12.2 Å². The van der Waals surface area contributed by atoms with Gasteiger partial charge in [-0.05, 0) is 17.7 Å². The molecule has 0 saturated carbocycles. The minimum Gasteiger partial charge on any atom is -0.466 e. The summed E-state index contributed by atoms with van der Waals surface area (Å²) in [5.74, 6) is -4.00. The Hall–Kier alpha value is -3.43. The third kappa shape index (κ3) is 4.84. The van der Waals surface area contributed by atoms with Crippen molar-refractivity contribution in [3.8, 4) is 0 Å². The maximum atomic E-state index is 14.7. The second-order valence-corrected chi connectivity index (χ2v) is 5.69. The van der Waals surface area contributed by atoms with E-state index in [1.165, 1.54) is 18.2 Å². The molecule has 0 heterocycles. The second-order valence-electron chi connectivity index (χ2n) is 5.69. The van der Waals surface area contributed by atoms with Crippen LogP contribution in [0.2, 0.25) is 0 Å². The van der Waals surface area contributed by atoms with Crippen molar-refractivity contribution in [1.29, 1.82) is 0 Å². The van der Waals surface area contributed by atoms with Crippen LogP contribution in [0.25, 0.3) is 0 Å². The average molecular weight is 396 g/mol. The van der Waals surface area contributed by atoms with E-state index in [1.54, 1.807) is 0 Å². The number of hydrogen-bond acceptors (Lipinski definition) is 5. The smallest absolute Gasteiger partial charge is 0.302 e. The quantitative estimate of drug-likeness (QED) is 0.310. The lowest BCUT2D eigenvalue weighted by molar-refractivity contribution is -0.385. The lowest BCUT2D eigenvalue weighted by Gasteiger charge is -2.15. The van der Waals surface area contributed by atoms with Gasteiger partial charge in [0.25, 0.3) is 11.6 Å². The van der Waals surface area contributed by atoms with Crippen molar-refractivity contribution < 1.29 is 32.5 Å². The van der Waals surface area contributed by atoms with E-state index >= 15 is 0 Å². The van der Waals surface area contributed by atoms with Crippen LogP contribution >= 0.6 is 0 Å². The van der Waals surface area contributed by atoms with Crippen LogP contribution in [0.1, 0.15) is 18.1 Å². The van der Waals surface area contributed by atoms with E-state index in [4.69, 9.17) is 0 Å². The Labute approximate surface area is 157 Å². The van der Waals surface area contributed by atoms with Crippen LogP contribution in [0.15, 0.2) is 36.4 Å². The predicted molar refractivity (Wildman–Crippen MR) is 92.1 cm³/mol. The first kappa shape index (κ1) is 20.9. The molecule has 0 aliphatic carbocycles. The maximum absolute atomic E-state index is 14.7. The highest BCUT2D eigenvalue weighted by Crippen LogP contribution is 2.31. The molecule has 0 bridgehead atoms. The number of esters is 1. The van der Waals surface area contributed by atoms with Crippen LogP contribution in [-0.4, -0.2) is 23.4 Å². The van der Waals surface area contributed by atoms with E-state index in [9.17, 15) is 33.0 Å². The van der Waals surface area contributed by atoms with Crippen LogP contribution in [0, 0.1) is 21.7 Å². The summed E-state index contributed by atoms with van der Waals surface area (Å²) in [5.41, 5.74) is -2.12. The zero-order valence-corrected chi connectivity index (χ0v) is 14.7. The molecule has 2 aromatic carbocycles. The molecule has 7 nitrogen and oxygen atoms in total. The molecule has 0 spiro atoms. The number of carbonyl (C=O) groups is 2. The summed E-state index contributed by atoms with van der Waals surface area (Å²) >= 11 is 0. The van der Waals surface area contributed by atoms with Crippen molar-refractivity contribution in [2.75, 3.05) is 11.7 Å². The first-order valence-corrected chi connectivity index (χ1v) is 8.03. The number of carbonyl (C=O) groups excluding carboxylic acids is 2. The van der Waals surface area contributed by atoms with E-state index in [0.717, 1.165) is 25.1 Å². The lowest BCUT2D eigenvalue weighted by Crippen LogP contribution is -2.25. The zero-order valence-electron chi connectivity index (χ0n) is 14.7. The SMILES string of the molecule is CC(=O)OCCc1c([N+](=O)[O-])ccc(N(F)C(=O)Cc2ccccc2F)c1F. The molecule has 0 fully saturated rings. The monoisotopic (exact) mass is 396 g/mol. The fourth-order valence-electron chi connectivity index (χ4n) is 2.46. The summed E-state index contributed by atoms with van der Waals surface area (Å²) in [4.78, 5) is 33.1. The number of anilines is 1. The Morgan fingerprint density at radius 1 is 1.18 bits per heavy atom. The number of nitrogens with zero attached hydrogens (tertiary/aromatic N) is 2. The predicted octanol–water partition coefficient (Wildman–Crippen LogP) is 3.44. The van der Waals surface area contributed by atoms with Crippen molar-refractivity contribution in [1.82, 2.24) is 0 Å². The zero-order chi connectivity index (χ0) is 20.8. The van der Waals surface area contributed by atoms with Gasteiger partial charge in [0.05, 0.1) is 23.5 Å². The van der Waals surface area contributed by atoms with Gasteiger partial charge in [-0.2, -0.15) is 0 Å². The van der Waals surface area contributed by atoms with Crippen molar-refractivity contribution in [3.05, 3.63) is 69.3 Å². The number of halogens is 3. The minimum atomic E-state index is -1.34. The molecule has 0 aliphatic heterocycles. The van der Waals surface area contributed by atoms with Crippen molar-refractivity contribution in [3.63, 3.8) is 0 Å². The molecule has 0 atom stereocenters. The highest BCUT2D eigenvalue weighted by atomic mass is 19.2. The van der Waals surface area contributed by atoms with Gasteiger partial charge >= 0.3 is 5.97 Å². The highest BCUT2D eigenvalue weighted by Gasteiger charge is 2.27. The number of nitro groups is 1. The van der Waals surface area contributed by atoms with Crippen molar-refractivity contribution in [2.24, 2.45) is 0 Å². The largest absolute Gasteiger partial charge is 0.466 e. The number of amides is 1. The van der Waals surface area contributed by atoms with Gasteiger partial charge in [0.1, 0.15) is 11.5 Å². The lowest BCUT2D eigenvalue weighted by atomic mass is 10.1. The van der Waals surface area contributed by atoms with E-state index in [0.29, 0.717) is 0 Å². The molecule has 0 aromatic heterocycles. The standard InChI is InChI=1S/C18H15F3N2O5/c1-11(24)28-9-8-13-15(23(26)27)6-7-16(18(13)20)22(21)17(25)10-12-4-2-3-5-14(12)19/h2-7H,8-10H2,1H3. The molecule has 0 radical (unpaired) electrons. The van der Waals surface area contributed by atoms with Crippen LogP contribution in [0.5, 0.6) is 0 Å². The van der Waals surface area contributed by atoms with E-state index in [1.807, 2.05) is 0 Å². The first-order valence-electron chi connectivity index (χ1n) is 8.03. The first-order chi connectivity index (χ1) is 13.2. The molecule has 148 valence electrons. The summed E-state index contributed by atoms with van der Waals surface area (Å²) in [6, 6.07) is 6.78. The van der Waals surface area contributed by atoms with Gasteiger partial charge in [-0.25, -0.2) is 8.78 Å². The fourth-order valence-corrected chi connectivity index (χ4v) is 2.46. The molecule has 2 aromatic rings. The Kier molecular flexibility index (Phi) is 6.69. The van der Waals surface area contributed by atoms with Crippen LogP contribution in [-0.2, 0) is 27.2 Å². The maximum Gasteiger partial charge on any atom is 0.302 e. The highest BCUT2D eigenvalue weighted by molar-refractivity contribution is 5.93. The minimum absolute atomic E-state index is 0.0902. The molecule has 10 heteroatoms. The Bertz CT molecular complexity index is 920. The van der Waals surface area contributed by atoms with Gasteiger partial charge in [0.15, 0.2) is 5.82 Å². The molecule has 28 heavy (non-hydrogen) atoms. The fraction of sp³-hybridized carbons (Fsp3) is 0.222. The molecule has 0 saturated heterocycles. The van der Waals surface area contributed by atoms with E-state index < -0.39 is 63.3 Å². The molecule has 1 amide bonds. The number of nitro benzene ring substituents is 1. The van der Waals surface area contributed by atoms with Gasteiger partial charge in [-0.15, -0.1) is 5.12 Å². The molecular weight excluding hydrogens is 381 g/mol. The molecule has 0 N–H and O–H groups in total. The summed E-state index contributed by atoms with van der Waals surface area (Å²) in [5, 5.41) is 10.6. The van der Waals surface area contributed by atoms with Gasteiger partial charge in [-0.1, -0.05) is 22.7 Å². The average Bonchev–Trinajstić information content (AvgIpc) is 2.63.